The van der Waals surface area contributed by atoms with Crippen LogP contribution in [0.15, 0.2) is 18.2 Å². The number of nitrogens with one attached hydrogen (secondary N) is 1. The van der Waals surface area contributed by atoms with Gasteiger partial charge in [-0.2, -0.15) is 0 Å². The van der Waals surface area contributed by atoms with Crippen molar-refractivity contribution in [2.45, 2.75) is 18.9 Å². The van der Waals surface area contributed by atoms with E-state index in [1.807, 2.05) is 6.07 Å². The zero-order chi connectivity index (χ0) is 11.8. The second kappa shape index (κ2) is 4.18. The molecular formula is C13H16N2OS. The van der Waals surface area contributed by atoms with Gasteiger partial charge in [-0.3, -0.25) is 0 Å². The molecule has 2 aliphatic rings. The van der Waals surface area contributed by atoms with Crippen LogP contribution >= 0.6 is 12.2 Å². The molecule has 0 bridgehead atoms. The van der Waals surface area contributed by atoms with E-state index in [1.54, 1.807) is 7.11 Å². The van der Waals surface area contributed by atoms with Crippen molar-refractivity contribution >= 4 is 17.3 Å². The van der Waals surface area contributed by atoms with Gasteiger partial charge in [-0.15, -0.1) is 0 Å². The molecule has 3 nitrogen and oxygen atoms in total. The third kappa shape index (κ3) is 1.76. The maximum atomic E-state index is 5.37. The molecule has 2 heterocycles. The molecule has 1 fully saturated rings. The van der Waals surface area contributed by atoms with Crippen LogP contribution in [0.5, 0.6) is 5.75 Å². The highest BCUT2D eigenvalue weighted by Crippen LogP contribution is 2.35. The summed E-state index contributed by atoms with van der Waals surface area (Å²) in [6, 6.07) is 6.86. The van der Waals surface area contributed by atoms with Gasteiger partial charge in [0.05, 0.1) is 13.2 Å². The van der Waals surface area contributed by atoms with Crippen LogP contribution in [0, 0.1) is 0 Å². The average Bonchev–Trinajstić information content (AvgIpc) is 2.38. The highest BCUT2D eigenvalue weighted by atomic mass is 32.1. The molecule has 2 aliphatic heterocycles. The number of ether oxygens (including phenoxy) is 1. The van der Waals surface area contributed by atoms with Crippen molar-refractivity contribution in [2.24, 2.45) is 0 Å². The fraction of sp³-hybridized carbons (Fsp3) is 0.462. The number of rotatable bonds is 1. The van der Waals surface area contributed by atoms with Gasteiger partial charge in [-0.05, 0) is 48.3 Å². The molecule has 4 heteroatoms. The Morgan fingerprint density at radius 3 is 3.18 bits per heavy atom. The van der Waals surface area contributed by atoms with Crippen LogP contribution in [-0.4, -0.2) is 30.2 Å². The van der Waals surface area contributed by atoms with Crippen molar-refractivity contribution in [1.82, 2.24) is 10.2 Å². The highest BCUT2D eigenvalue weighted by Gasteiger charge is 2.31. The number of methoxy groups -OCH3 is 1. The van der Waals surface area contributed by atoms with E-state index in [0.29, 0.717) is 6.04 Å². The molecule has 0 spiro atoms. The number of hydrogen-bond donors (Lipinski definition) is 1. The lowest BCUT2D eigenvalue weighted by Gasteiger charge is -2.42. The summed E-state index contributed by atoms with van der Waals surface area (Å²) in [5, 5.41) is 4.17. The van der Waals surface area contributed by atoms with E-state index in [-0.39, 0.29) is 0 Å². The van der Waals surface area contributed by atoms with Gasteiger partial charge in [-0.1, -0.05) is 6.07 Å². The first kappa shape index (κ1) is 10.8. The maximum Gasteiger partial charge on any atom is 0.169 e. The monoisotopic (exact) mass is 248 g/mol. The summed E-state index contributed by atoms with van der Waals surface area (Å²) >= 11 is 5.37. The quantitative estimate of drug-likeness (QED) is 0.767. The van der Waals surface area contributed by atoms with Crippen molar-refractivity contribution in [3.63, 3.8) is 0 Å². The van der Waals surface area contributed by atoms with Gasteiger partial charge in [-0.25, -0.2) is 0 Å². The first-order chi connectivity index (χ1) is 8.29. The molecule has 0 saturated carbocycles. The third-order valence-electron chi connectivity index (χ3n) is 3.66. The first-order valence-corrected chi connectivity index (χ1v) is 6.41. The summed E-state index contributed by atoms with van der Waals surface area (Å²) in [5.41, 5.74) is 2.83. The topological polar surface area (TPSA) is 24.5 Å². The minimum atomic E-state index is 0.457. The van der Waals surface area contributed by atoms with Gasteiger partial charge in [0.25, 0.3) is 0 Å². The van der Waals surface area contributed by atoms with Crippen molar-refractivity contribution in [1.29, 1.82) is 0 Å². The summed E-state index contributed by atoms with van der Waals surface area (Å²) in [6.45, 7) is 1.99. The second-order valence-electron chi connectivity index (χ2n) is 4.54. The van der Waals surface area contributed by atoms with Gasteiger partial charge >= 0.3 is 0 Å². The Morgan fingerprint density at radius 2 is 2.35 bits per heavy atom. The lowest BCUT2D eigenvalue weighted by molar-refractivity contribution is 0.258. The Labute approximate surface area is 107 Å². The Balaban J connectivity index is 1.98. The van der Waals surface area contributed by atoms with Crippen LogP contribution in [0.25, 0.3) is 0 Å². The summed E-state index contributed by atoms with van der Waals surface area (Å²) in [5.74, 6) is 0.953. The zero-order valence-corrected chi connectivity index (χ0v) is 10.7. The Kier molecular flexibility index (Phi) is 2.67. The van der Waals surface area contributed by atoms with E-state index in [9.17, 15) is 0 Å². The second-order valence-corrected chi connectivity index (χ2v) is 4.93. The number of hydrogen-bond acceptors (Lipinski definition) is 2. The van der Waals surface area contributed by atoms with Gasteiger partial charge in [0.15, 0.2) is 5.11 Å². The van der Waals surface area contributed by atoms with Crippen LogP contribution in [0.1, 0.15) is 23.6 Å². The molecule has 1 saturated heterocycles. The fourth-order valence-corrected chi connectivity index (χ4v) is 3.11. The minimum absolute atomic E-state index is 0.457. The predicted molar refractivity (Wildman–Crippen MR) is 71.4 cm³/mol. The van der Waals surface area contributed by atoms with Crippen molar-refractivity contribution in [3.8, 4) is 5.75 Å². The van der Waals surface area contributed by atoms with Crippen LogP contribution in [0.3, 0.4) is 0 Å². The third-order valence-corrected chi connectivity index (χ3v) is 4.04. The van der Waals surface area contributed by atoms with Crippen molar-refractivity contribution in [2.75, 3.05) is 20.2 Å². The Bertz CT molecular complexity index is 461. The molecule has 0 aliphatic carbocycles. The Morgan fingerprint density at radius 1 is 1.47 bits per heavy atom. The summed E-state index contributed by atoms with van der Waals surface area (Å²) in [6.07, 6.45) is 2.17. The first-order valence-electron chi connectivity index (χ1n) is 6.01. The van der Waals surface area contributed by atoms with Crippen LogP contribution in [0.4, 0.5) is 0 Å². The molecule has 90 valence electrons. The van der Waals surface area contributed by atoms with Gasteiger partial charge in [0.1, 0.15) is 5.75 Å². The van der Waals surface area contributed by atoms with Gasteiger partial charge in [0.2, 0.25) is 0 Å². The van der Waals surface area contributed by atoms with Crippen molar-refractivity contribution < 1.29 is 4.74 Å². The van der Waals surface area contributed by atoms with E-state index in [4.69, 9.17) is 17.0 Å². The molecule has 0 amide bonds. The molecule has 1 aromatic carbocycles. The lowest BCUT2D eigenvalue weighted by atomic mass is 9.90. The minimum Gasteiger partial charge on any atom is -0.497 e. The molecule has 1 atom stereocenters. The van der Waals surface area contributed by atoms with Crippen LogP contribution in [0.2, 0.25) is 0 Å². The normalized spacial score (nSPS) is 22.5. The number of benzene rings is 1. The average molecular weight is 248 g/mol. The molecule has 3 rings (SSSR count). The van der Waals surface area contributed by atoms with Gasteiger partial charge < -0.3 is 15.0 Å². The van der Waals surface area contributed by atoms with E-state index >= 15 is 0 Å². The summed E-state index contributed by atoms with van der Waals surface area (Å²) in [7, 11) is 1.72. The lowest BCUT2D eigenvalue weighted by Crippen LogP contribution is -2.50. The molecule has 1 N–H and O–H groups in total. The standard InChI is InChI=1S/C13H16N2OS/c1-16-10-2-3-11-9(8-10)5-7-15-12(11)4-6-14-13(15)17/h2-3,8,12H,4-7H2,1H3,(H,14,17). The predicted octanol–water partition coefficient (Wildman–Crippen LogP) is 1.87. The molecular weight excluding hydrogens is 232 g/mol. The zero-order valence-electron chi connectivity index (χ0n) is 9.90. The molecule has 17 heavy (non-hydrogen) atoms. The SMILES string of the molecule is COc1ccc2c(c1)CCN1C(=S)NCCC21. The van der Waals surface area contributed by atoms with E-state index in [0.717, 1.165) is 36.8 Å². The molecule has 1 aromatic rings. The maximum absolute atomic E-state index is 5.37. The molecule has 0 aromatic heterocycles. The Hall–Kier alpha value is -1.29. The number of nitrogens with zero attached hydrogens (tertiary/aromatic N) is 1. The highest BCUT2D eigenvalue weighted by molar-refractivity contribution is 7.80. The largest absolute Gasteiger partial charge is 0.497 e. The van der Waals surface area contributed by atoms with Crippen LogP contribution in [-0.2, 0) is 6.42 Å². The van der Waals surface area contributed by atoms with Crippen LogP contribution < -0.4 is 10.1 Å². The number of thiocarbonyl (C=S) groups is 1. The van der Waals surface area contributed by atoms with Crippen molar-refractivity contribution in [3.05, 3.63) is 29.3 Å². The molecule has 1 unspecified atom stereocenters. The summed E-state index contributed by atoms with van der Waals surface area (Å²) < 4.78 is 5.29. The number of fused-ring (bicyclic) bond motifs is 3. The van der Waals surface area contributed by atoms with E-state index < -0.39 is 0 Å². The smallest absolute Gasteiger partial charge is 0.169 e. The molecule has 0 radical (unpaired) electrons. The van der Waals surface area contributed by atoms with Gasteiger partial charge in [0, 0.05) is 13.1 Å². The summed E-state index contributed by atoms with van der Waals surface area (Å²) in [4.78, 5) is 2.31. The fourth-order valence-electron chi connectivity index (χ4n) is 2.79. The van der Waals surface area contributed by atoms with E-state index in [1.165, 1.54) is 11.1 Å². The van der Waals surface area contributed by atoms with E-state index in [2.05, 4.69) is 22.3 Å².